The van der Waals surface area contributed by atoms with E-state index in [1.165, 1.54) is 0 Å². The van der Waals surface area contributed by atoms with Crippen LogP contribution in [0.2, 0.25) is 10.0 Å². The maximum atomic E-state index is 13.2. The van der Waals surface area contributed by atoms with Crippen molar-refractivity contribution in [1.82, 2.24) is 4.98 Å². The summed E-state index contributed by atoms with van der Waals surface area (Å²) < 4.78 is 26.5. The lowest BCUT2D eigenvalue weighted by molar-refractivity contribution is 0.518. The largest absolute Gasteiger partial charge is 0.348 e. The molecule has 2 aliphatic rings. The SMILES string of the molecule is CC1(Cl)C=CC=CC1S(=O)(=O)C1CCN(c2nc(Cc3cc(Cl)cc(Cl)c3)cs2)CC1. The number of benzene rings is 1. The van der Waals surface area contributed by atoms with E-state index in [-0.39, 0.29) is 0 Å². The van der Waals surface area contributed by atoms with Crippen LogP contribution in [0.15, 0.2) is 47.9 Å². The third kappa shape index (κ3) is 5.14. The van der Waals surface area contributed by atoms with Crippen LogP contribution in [0.4, 0.5) is 5.13 Å². The first-order valence-corrected chi connectivity index (χ1v) is 13.7. The number of rotatable bonds is 5. The summed E-state index contributed by atoms with van der Waals surface area (Å²) in [5.41, 5.74) is 1.96. The van der Waals surface area contributed by atoms with Gasteiger partial charge in [0.05, 0.1) is 15.8 Å². The zero-order chi connectivity index (χ0) is 22.2. The number of nitrogens with zero attached hydrogens (tertiary/aromatic N) is 2. The lowest BCUT2D eigenvalue weighted by atomic mass is 10.0. The van der Waals surface area contributed by atoms with E-state index in [0.29, 0.717) is 42.4 Å². The Bertz CT molecular complexity index is 1100. The minimum Gasteiger partial charge on any atom is -0.348 e. The van der Waals surface area contributed by atoms with Crippen LogP contribution < -0.4 is 4.90 Å². The fourth-order valence-corrected chi connectivity index (χ4v) is 8.43. The number of aromatic nitrogens is 1. The molecule has 4 nitrogen and oxygen atoms in total. The van der Waals surface area contributed by atoms with E-state index in [4.69, 9.17) is 39.8 Å². The van der Waals surface area contributed by atoms with Gasteiger partial charge in [0.2, 0.25) is 0 Å². The molecule has 1 aromatic carbocycles. The molecule has 2 atom stereocenters. The molecule has 166 valence electrons. The Hall–Kier alpha value is -1.05. The van der Waals surface area contributed by atoms with Crippen molar-refractivity contribution in [3.63, 3.8) is 0 Å². The molecule has 0 bridgehead atoms. The molecule has 1 aromatic heterocycles. The van der Waals surface area contributed by atoms with Gasteiger partial charge in [0.1, 0.15) is 5.25 Å². The first-order valence-electron chi connectivity index (χ1n) is 10.1. The molecule has 1 saturated heterocycles. The molecule has 0 saturated carbocycles. The highest BCUT2D eigenvalue weighted by Gasteiger charge is 2.44. The molecule has 0 spiro atoms. The monoisotopic (exact) mass is 516 g/mol. The molecule has 31 heavy (non-hydrogen) atoms. The summed E-state index contributed by atoms with van der Waals surface area (Å²) >= 11 is 20.3. The van der Waals surface area contributed by atoms with Gasteiger partial charge in [-0.1, -0.05) is 47.5 Å². The van der Waals surface area contributed by atoms with Crippen LogP contribution in [0, 0.1) is 0 Å². The number of thiazole rings is 1. The molecule has 2 unspecified atom stereocenters. The van der Waals surface area contributed by atoms with E-state index in [0.717, 1.165) is 16.4 Å². The lowest BCUT2D eigenvalue weighted by Gasteiger charge is -2.36. The summed E-state index contributed by atoms with van der Waals surface area (Å²) in [5, 5.41) is 3.08. The van der Waals surface area contributed by atoms with Crippen molar-refractivity contribution in [2.24, 2.45) is 0 Å². The summed E-state index contributed by atoms with van der Waals surface area (Å²) in [7, 11) is -3.38. The maximum absolute atomic E-state index is 13.2. The average molecular weight is 518 g/mol. The summed E-state index contributed by atoms with van der Waals surface area (Å²) in [5.74, 6) is 0. The molecule has 2 heterocycles. The van der Waals surface area contributed by atoms with Crippen LogP contribution in [0.25, 0.3) is 0 Å². The highest BCUT2D eigenvalue weighted by atomic mass is 35.5. The van der Waals surface area contributed by atoms with Gasteiger partial charge < -0.3 is 4.90 Å². The van der Waals surface area contributed by atoms with Crippen LogP contribution in [-0.2, 0) is 16.3 Å². The van der Waals surface area contributed by atoms with Gasteiger partial charge >= 0.3 is 0 Å². The second-order valence-corrected chi connectivity index (χ2v) is 13.0. The van der Waals surface area contributed by atoms with E-state index >= 15 is 0 Å². The smallest absolute Gasteiger partial charge is 0.185 e. The van der Waals surface area contributed by atoms with E-state index in [2.05, 4.69) is 4.90 Å². The van der Waals surface area contributed by atoms with E-state index < -0.39 is 25.2 Å². The summed E-state index contributed by atoms with van der Waals surface area (Å²) in [6.07, 6.45) is 8.84. The molecule has 4 rings (SSSR count). The standard InChI is InChI=1S/C22H23Cl3N2O2S2/c1-22(25)7-3-2-4-20(22)31(28,29)19-5-8-27(9-6-19)21-26-18(14-30-21)12-15-10-16(23)13-17(24)11-15/h2-4,7,10-11,13-14,19-20H,5-6,8-9,12H2,1H3. The van der Waals surface area contributed by atoms with E-state index in [1.54, 1.807) is 48.6 Å². The Morgan fingerprint density at radius 2 is 1.84 bits per heavy atom. The minimum atomic E-state index is -3.38. The first kappa shape index (κ1) is 23.1. The molecule has 0 radical (unpaired) electrons. The Kier molecular flexibility index (Phi) is 6.76. The summed E-state index contributed by atoms with van der Waals surface area (Å²) in [6.45, 7) is 3.08. The number of hydrogen-bond acceptors (Lipinski definition) is 5. The number of hydrogen-bond donors (Lipinski definition) is 0. The Balaban J connectivity index is 1.40. The van der Waals surface area contributed by atoms with Gasteiger partial charge in [-0.3, -0.25) is 0 Å². The predicted molar refractivity (Wildman–Crippen MR) is 132 cm³/mol. The van der Waals surface area contributed by atoms with Crippen molar-refractivity contribution in [2.75, 3.05) is 18.0 Å². The fourth-order valence-electron chi connectivity index (χ4n) is 4.15. The number of allylic oxidation sites excluding steroid dienone is 3. The van der Waals surface area contributed by atoms with Crippen LogP contribution in [0.5, 0.6) is 0 Å². The number of piperidine rings is 1. The van der Waals surface area contributed by atoms with Crippen molar-refractivity contribution in [1.29, 1.82) is 0 Å². The topological polar surface area (TPSA) is 50.3 Å². The Morgan fingerprint density at radius 1 is 1.16 bits per heavy atom. The third-order valence-electron chi connectivity index (χ3n) is 5.75. The zero-order valence-corrected chi connectivity index (χ0v) is 20.9. The van der Waals surface area contributed by atoms with Crippen LogP contribution in [0.1, 0.15) is 31.0 Å². The molecule has 0 amide bonds. The molecule has 1 fully saturated rings. The second-order valence-electron chi connectivity index (χ2n) is 8.17. The number of alkyl halides is 1. The molecule has 1 aliphatic heterocycles. The Labute approximate surface area is 202 Å². The number of sulfone groups is 1. The first-order chi connectivity index (χ1) is 14.6. The average Bonchev–Trinajstić information content (AvgIpc) is 3.15. The fraction of sp³-hybridized carbons (Fsp3) is 0.409. The third-order valence-corrected chi connectivity index (χ3v) is 10.4. The van der Waals surface area contributed by atoms with Crippen LogP contribution in [0.3, 0.4) is 0 Å². The highest BCUT2D eigenvalue weighted by molar-refractivity contribution is 7.93. The minimum absolute atomic E-state index is 0.393. The predicted octanol–water partition coefficient (Wildman–Crippen LogP) is 5.92. The Morgan fingerprint density at radius 3 is 2.48 bits per heavy atom. The van der Waals surface area contributed by atoms with Gasteiger partial charge in [-0.15, -0.1) is 22.9 Å². The lowest BCUT2D eigenvalue weighted by Crippen LogP contribution is -2.47. The quantitative estimate of drug-likeness (QED) is 0.462. The van der Waals surface area contributed by atoms with Crippen molar-refractivity contribution in [3.05, 3.63) is 69.2 Å². The van der Waals surface area contributed by atoms with E-state index in [1.807, 2.05) is 17.5 Å². The molecular formula is C22H23Cl3N2O2S2. The van der Waals surface area contributed by atoms with E-state index in [9.17, 15) is 8.42 Å². The molecule has 9 heteroatoms. The zero-order valence-electron chi connectivity index (χ0n) is 17.0. The molecular weight excluding hydrogens is 495 g/mol. The van der Waals surface area contributed by atoms with Gasteiger partial charge in [-0.2, -0.15) is 0 Å². The van der Waals surface area contributed by atoms with Crippen molar-refractivity contribution < 1.29 is 8.42 Å². The molecule has 1 aliphatic carbocycles. The van der Waals surface area contributed by atoms with Gasteiger partial charge in [-0.05, 0) is 43.5 Å². The van der Waals surface area contributed by atoms with Gasteiger partial charge in [0.15, 0.2) is 15.0 Å². The van der Waals surface area contributed by atoms with Crippen LogP contribution >= 0.6 is 46.1 Å². The van der Waals surface area contributed by atoms with Gasteiger partial charge in [0, 0.05) is 34.9 Å². The molecule has 2 aromatic rings. The number of halogens is 3. The van der Waals surface area contributed by atoms with Crippen LogP contribution in [-0.4, -0.2) is 41.9 Å². The molecule has 0 N–H and O–H groups in total. The number of anilines is 1. The normalized spacial score (nSPS) is 24.6. The summed E-state index contributed by atoms with van der Waals surface area (Å²) in [4.78, 5) is 6.02. The second kappa shape index (κ2) is 9.06. The van der Waals surface area contributed by atoms with Crippen molar-refractivity contribution in [3.8, 4) is 0 Å². The van der Waals surface area contributed by atoms with Gasteiger partial charge in [0.25, 0.3) is 0 Å². The highest BCUT2D eigenvalue weighted by Crippen LogP contribution is 2.36. The van der Waals surface area contributed by atoms with Crippen molar-refractivity contribution in [2.45, 2.75) is 41.6 Å². The van der Waals surface area contributed by atoms with Crippen molar-refractivity contribution >= 4 is 61.1 Å². The van der Waals surface area contributed by atoms with Gasteiger partial charge in [-0.25, -0.2) is 13.4 Å². The summed E-state index contributed by atoms with van der Waals surface area (Å²) in [6, 6.07) is 5.49. The maximum Gasteiger partial charge on any atom is 0.185 e.